The van der Waals surface area contributed by atoms with E-state index in [1.165, 1.54) is 5.57 Å². The van der Waals surface area contributed by atoms with Crippen molar-refractivity contribution in [3.05, 3.63) is 87.4 Å². The number of hydrogen-bond acceptors (Lipinski definition) is 6. The van der Waals surface area contributed by atoms with E-state index < -0.39 is 0 Å². The smallest absolute Gasteiger partial charge is 0.271 e. The van der Waals surface area contributed by atoms with Gasteiger partial charge in [0.05, 0.1) is 5.69 Å². The lowest BCUT2D eigenvalue weighted by atomic mass is 9.94. The first-order valence-electron chi connectivity index (χ1n) is 13.1. The van der Waals surface area contributed by atoms with E-state index >= 15 is 0 Å². The van der Waals surface area contributed by atoms with Crippen molar-refractivity contribution in [2.75, 3.05) is 39.5 Å². The Morgan fingerprint density at radius 1 is 1.15 bits per heavy atom. The normalized spacial score (nSPS) is 13.9. The van der Waals surface area contributed by atoms with Crippen LogP contribution in [0, 0.1) is 13.8 Å². The van der Waals surface area contributed by atoms with Crippen LogP contribution in [0.4, 0.5) is 5.69 Å². The second-order valence-electron chi connectivity index (χ2n) is 10.3. The van der Waals surface area contributed by atoms with Crippen molar-refractivity contribution in [1.29, 1.82) is 0 Å². The maximum Gasteiger partial charge on any atom is 0.271 e. The molecule has 1 aliphatic rings. The van der Waals surface area contributed by atoms with Gasteiger partial charge in [0.2, 0.25) is 0 Å². The number of pyridine rings is 3. The van der Waals surface area contributed by atoms with Crippen LogP contribution in [0.25, 0.3) is 22.3 Å². The Kier molecular flexibility index (Phi) is 7.10. The van der Waals surface area contributed by atoms with E-state index in [0.29, 0.717) is 5.69 Å². The van der Waals surface area contributed by atoms with Crippen molar-refractivity contribution in [3.63, 3.8) is 0 Å². The number of carbonyl (C=O) groups excluding carboxylic acids is 1. The van der Waals surface area contributed by atoms with Crippen LogP contribution in [-0.4, -0.2) is 69.0 Å². The van der Waals surface area contributed by atoms with Gasteiger partial charge in [0, 0.05) is 94.3 Å². The molecular weight excluding hydrogens is 490 g/mol. The van der Waals surface area contributed by atoms with Gasteiger partial charge in [-0.15, -0.1) is 0 Å². The average Bonchev–Trinajstić information content (AvgIpc) is 3.23. The highest BCUT2D eigenvalue weighted by molar-refractivity contribution is 5.92. The molecule has 0 unspecified atom stereocenters. The molecule has 1 N–H and O–H groups in total. The molecule has 4 aromatic heterocycles. The lowest BCUT2D eigenvalue weighted by Gasteiger charge is -2.27. The van der Waals surface area contributed by atoms with Crippen LogP contribution in [0.15, 0.2) is 53.6 Å². The van der Waals surface area contributed by atoms with Gasteiger partial charge >= 0.3 is 0 Å². The number of nitrogens with one attached hydrogen (secondary N) is 1. The predicted molar refractivity (Wildman–Crippen MR) is 155 cm³/mol. The molecule has 9 nitrogen and oxygen atoms in total. The molecule has 0 bridgehead atoms. The zero-order valence-corrected chi connectivity index (χ0v) is 23.4. The third-order valence-electron chi connectivity index (χ3n) is 7.50. The first-order chi connectivity index (χ1) is 18.7. The number of aryl methyl sites for hydroxylation is 3. The van der Waals surface area contributed by atoms with Gasteiger partial charge in [-0.1, -0.05) is 6.08 Å². The Morgan fingerprint density at radius 2 is 1.95 bits per heavy atom. The molecule has 9 heteroatoms. The number of fused-ring (bicyclic) bond motifs is 1. The summed E-state index contributed by atoms with van der Waals surface area (Å²) in [5.41, 5.74) is 8.40. The number of carbonyl (C=O) groups is 1. The SMILES string of the molecule is CNc1ccn(-c2ccnc3c2cc(CN2CC=C(c4c(C)cc(C(=O)N(C)C)nc4C)CC2)n3C)c(=O)c1. The lowest BCUT2D eigenvalue weighted by molar-refractivity contribution is 0.0821. The molecule has 0 saturated carbocycles. The summed E-state index contributed by atoms with van der Waals surface area (Å²) in [5, 5.41) is 3.97. The Hall–Kier alpha value is -4.24. The van der Waals surface area contributed by atoms with Gasteiger partial charge in [0.25, 0.3) is 11.5 Å². The Balaban J connectivity index is 1.38. The maximum atomic E-state index is 12.8. The number of nitrogens with zero attached hydrogens (tertiary/aromatic N) is 6. The van der Waals surface area contributed by atoms with Gasteiger partial charge in [0.15, 0.2) is 0 Å². The first-order valence-corrected chi connectivity index (χ1v) is 13.1. The molecule has 202 valence electrons. The summed E-state index contributed by atoms with van der Waals surface area (Å²) in [5.74, 6) is -0.0796. The van der Waals surface area contributed by atoms with Gasteiger partial charge < -0.3 is 14.8 Å². The summed E-state index contributed by atoms with van der Waals surface area (Å²) in [7, 11) is 7.32. The van der Waals surface area contributed by atoms with Crippen LogP contribution < -0.4 is 10.9 Å². The van der Waals surface area contributed by atoms with Gasteiger partial charge in [-0.05, 0) is 55.7 Å². The number of rotatable bonds is 6. The minimum atomic E-state index is -0.0901. The van der Waals surface area contributed by atoms with Crippen LogP contribution >= 0.6 is 0 Å². The maximum absolute atomic E-state index is 12.8. The standard InChI is InChI=1S/C30H35N7O2/c1-19-15-25(30(39)34(4)5)33-20(2)28(19)21-8-12-36(13-9-21)18-23-17-24-26(7-11-32-29(24)35(23)6)37-14-10-22(31-3)16-27(37)38/h7-8,10-11,14-17,31H,9,12-13,18H2,1-6H3. The number of aromatic nitrogens is 4. The predicted octanol–water partition coefficient (Wildman–Crippen LogP) is 3.77. The van der Waals surface area contributed by atoms with Crippen LogP contribution in [0.3, 0.4) is 0 Å². The Morgan fingerprint density at radius 3 is 2.59 bits per heavy atom. The van der Waals surface area contributed by atoms with Crippen molar-refractivity contribution >= 4 is 28.2 Å². The number of anilines is 1. The fourth-order valence-electron chi connectivity index (χ4n) is 5.42. The molecule has 0 fully saturated rings. The lowest BCUT2D eigenvalue weighted by Crippen LogP contribution is -2.29. The summed E-state index contributed by atoms with van der Waals surface area (Å²) in [4.78, 5) is 38.4. The highest BCUT2D eigenvalue weighted by Crippen LogP contribution is 2.30. The van der Waals surface area contributed by atoms with E-state index in [4.69, 9.17) is 0 Å². The van der Waals surface area contributed by atoms with Gasteiger partial charge in [-0.3, -0.25) is 19.1 Å². The Bertz CT molecular complexity index is 1640. The number of hydrogen-bond donors (Lipinski definition) is 1. The van der Waals surface area contributed by atoms with Crippen LogP contribution in [0.1, 0.15) is 39.4 Å². The van der Waals surface area contributed by atoms with Crippen LogP contribution in [-0.2, 0) is 13.6 Å². The summed E-state index contributed by atoms with van der Waals surface area (Å²) >= 11 is 0. The van der Waals surface area contributed by atoms with Crippen LogP contribution in [0.5, 0.6) is 0 Å². The summed E-state index contributed by atoms with van der Waals surface area (Å²) in [6.07, 6.45) is 6.74. The second kappa shape index (κ2) is 10.5. The third-order valence-corrected chi connectivity index (χ3v) is 7.50. The number of amides is 1. The molecular formula is C30H35N7O2. The topological polar surface area (TPSA) is 88.3 Å². The molecule has 0 atom stereocenters. The largest absolute Gasteiger partial charge is 0.388 e. The van der Waals surface area contributed by atoms with Crippen molar-refractivity contribution in [2.45, 2.75) is 26.8 Å². The molecule has 0 saturated heterocycles. The fourth-order valence-corrected chi connectivity index (χ4v) is 5.42. The summed E-state index contributed by atoms with van der Waals surface area (Å²) < 4.78 is 3.78. The molecule has 1 aliphatic heterocycles. The highest BCUT2D eigenvalue weighted by Gasteiger charge is 2.21. The summed E-state index contributed by atoms with van der Waals surface area (Å²) in [6.45, 7) is 6.55. The molecule has 0 radical (unpaired) electrons. The van der Waals surface area contributed by atoms with E-state index in [9.17, 15) is 9.59 Å². The van der Waals surface area contributed by atoms with Crippen LogP contribution in [0.2, 0.25) is 0 Å². The van der Waals surface area contributed by atoms with Gasteiger partial charge in [-0.25, -0.2) is 9.97 Å². The molecule has 0 spiro atoms. The molecule has 0 aliphatic carbocycles. The van der Waals surface area contributed by atoms with Crippen molar-refractivity contribution < 1.29 is 4.79 Å². The monoisotopic (exact) mass is 525 g/mol. The minimum absolute atomic E-state index is 0.0796. The molecule has 4 aromatic rings. The molecule has 0 aromatic carbocycles. The van der Waals surface area contributed by atoms with E-state index in [1.54, 1.807) is 49.1 Å². The van der Waals surface area contributed by atoms with Gasteiger partial charge in [0.1, 0.15) is 11.3 Å². The van der Waals surface area contributed by atoms with E-state index in [0.717, 1.165) is 71.0 Å². The molecule has 5 rings (SSSR count). The fraction of sp³-hybridized carbons (Fsp3) is 0.333. The highest BCUT2D eigenvalue weighted by atomic mass is 16.2. The first kappa shape index (κ1) is 26.4. The molecule has 5 heterocycles. The average molecular weight is 526 g/mol. The van der Waals surface area contributed by atoms with Gasteiger partial charge in [-0.2, -0.15) is 0 Å². The van der Waals surface area contributed by atoms with Crippen molar-refractivity contribution in [2.24, 2.45) is 7.05 Å². The van der Waals surface area contributed by atoms with Crippen molar-refractivity contribution in [1.82, 2.24) is 28.9 Å². The van der Waals surface area contributed by atoms with E-state index in [2.05, 4.69) is 43.8 Å². The second-order valence-corrected chi connectivity index (χ2v) is 10.3. The van der Waals surface area contributed by atoms with Crippen molar-refractivity contribution in [3.8, 4) is 5.69 Å². The minimum Gasteiger partial charge on any atom is -0.388 e. The Labute approximate surface area is 228 Å². The quantitative estimate of drug-likeness (QED) is 0.412. The molecule has 1 amide bonds. The van der Waals surface area contributed by atoms with E-state index in [1.807, 2.05) is 32.2 Å². The zero-order chi connectivity index (χ0) is 27.8. The molecule has 39 heavy (non-hydrogen) atoms. The van der Waals surface area contributed by atoms with E-state index in [-0.39, 0.29) is 11.5 Å². The summed E-state index contributed by atoms with van der Waals surface area (Å²) in [6, 6.07) is 9.42. The zero-order valence-electron chi connectivity index (χ0n) is 23.4. The third kappa shape index (κ3) is 4.97.